The number of rotatable bonds is 4. The van der Waals surface area contributed by atoms with Crippen molar-refractivity contribution >= 4 is 5.97 Å². The number of pyridine rings is 1. The van der Waals surface area contributed by atoms with Gasteiger partial charge in [-0.15, -0.1) is 0 Å². The lowest BCUT2D eigenvalue weighted by Crippen LogP contribution is -2.47. The zero-order chi connectivity index (χ0) is 17.9. The van der Waals surface area contributed by atoms with Gasteiger partial charge in [-0.05, 0) is 50.6 Å². The Kier molecular flexibility index (Phi) is 4.82. The number of benzene rings is 1. The summed E-state index contributed by atoms with van der Waals surface area (Å²) in [6, 6.07) is 15.3. The number of nitriles is 1. The number of hydrogen-bond donors (Lipinski definition) is 1. The van der Waals surface area contributed by atoms with Crippen LogP contribution in [0.1, 0.15) is 35.4 Å². The Balaban J connectivity index is 1.74. The third-order valence-corrected chi connectivity index (χ3v) is 5.00. The molecule has 5 nitrogen and oxygen atoms in total. The highest BCUT2D eigenvalue weighted by atomic mass is 16.4. The Morgan fingerprint density at radius 2 is 2.00 bits per heavy atom. The number of aromatic nitrogens is 1. The maximum absolute atomic E-state index is 12.1. The summed E-state index contributed by atoms with van der Waals surface area (Å²) in [5, 5.41) is 18.9. The molecule has 1 aromatic carbocycles. The number of piperidine rings is 1. The minimum Gasteiger partial charge on any atom is -0.481 e. The van der Waals surface area contributed by atoms with Crippen molar-refractivity contribution in [2.75, 3.05) is 13.1 Å². The van der Waals surface area contributed by atoms with Gasteiger partial charge in [0.2, 0.25) is 0 Å². The van der Waals surface area contributed by atoms with Crippen molar-refractivity contribution in [2.24, 2.45) is 0 Å². The van der Waals surface area contributed by atoms with Gasteiger partial charge in [-0.2, -0.15) is 5.26 Å². The molecule has 2 aromatic rings. The van der Waals surface area contributed by atoms with Gasteiger partial charge < -0.3 is 5.11 Å². The van der Waals surface area contributed by atoms with Gasteiger partial charge in [0.1, 0.15) is 11.8 Å². The molecule has 0 amide bonds. The quantitative estimate of drug-likeness (QED) is 0.929. The van der Waals surface area contributed by atoms with Crippen LogP contribution in [0.15, 0.2) is 42.5 Å². The van der Waals surface area contributed by atoms with Crippen molar-refractivity contribution in [3.05, 3.63) is 65.0 Å². The van der Waals surface area contributed by atoms with Crippen LogP contribution in [0.5, 0.6) is 0 Å². The van der Waals surface area contributed by atoms with Gasteiger partial charge >= 0.3 is 5.97 Å². The predicted octanol–water partition coefficient (Wildman–Crippen LogP) is 2.88. The Labute approximate surface area is 147 Å². The van der Waals surface area contributed by atoms with Crippen molar-refractivity contribution in [3.63, 3.8) is 0 Å². The second-order valence-corrected chi connectivity index (χ2v) is 6.66. The summed E-state index contributed by atoms with van der Waals surface area (Å²) in [7, 11) is 0. The summed E-state index contributed by atoms with van der Waals surface area (Å²) in [4.78, 5) is 18.6. The molecular weight excluding hydrogens is 314 g/mol. The van der Waals surface area contributed by atoms with E-state index in [2.05, 4.69) is 16.0 Å². The molecule has 0 radical (unpaired) electrons. The molecule has 0 unspecified atom stereocenters. The van der Waals surface area contributed by atoms with E-state index in [1.54, 1.807) is 6.07 Å². The molecule has 1 aliphatic rings. The molecule has 0 saturated carbocycles. The van der Waals surface area contributed by atoms with Gasteiger partial charge in [-0.1, -0.05) is 35.9 Å². The van der Waals surface area contributed by atoms with Gasteiger partial charge in [0, 0.05) is 6.54 Å². The van der Waals surface area contributed by atoms with E-state index < -0.39 is 11.4 Å². The van der Waals surface area contributed by atoms with E-state index in [-0.39, 0.29) is 0 Å². The van der Waals surface area contributed by atoms with Crippen LogP contribution in [0.25, 0.3) is 0 Å². The Hall–Kier alpha value is -2.71. The van der Waals surface area contributed by atoms with E-state index in [4.69, 9.17) is 5.26 Å². The Morgan fingerprint density at radius 3 is 2.64 bits per heavy atom. The van der Waals surface area contributed by atoms with E-state index >= 15 is 0 Å². The normalized spacial score (nSPS) is 17.0. The van der Waals surface area contributed by atoms with Crippen molar-refractivity contribution in [1.82, 2.24) is 9.88 Å². The monoisotopic (exact) mass is 335 g/mol. The van der Waals surface area contributed by atoms with Gasteiger partial charge in [-0.25, -0.2) is 4.98 Å². The van der Waals surface area contributed by atoms with Crippen molar-refractivity contribution < 1.29 is 9.90 Å². The zero-order valence-corrected chi connectivity index (χ0v) is 14.3. The number of likely N-dealkylation sites (tertiary alicyclic amines) is 1. The molecule has 1 saturated heterocycles. The first-order valence-electron chi connectivity index (χ1n) is 8.42. The lowest BCUT2D eigenvalue weighted by molar-refractivity contribution is -0.146. The fraction of sp³-hybridized carbons (Fsp3) is 0.350. The fourth-order valence-electron chi connectivity index (χ4n) is 3.52. The minimum absolute atomic E-state index is 0.411. The van der Waals surface area contributed by atoms with Crippen molar-refractivity contribution in [2.45, 2.75) is 31.7 Å². The van der Waals surface area contributed by atoms with Crippen LogP contribution >= 0.6 is 0 Å². The van der Waals surface area contributed by atoms with Gasteiger partial charge in [0.05, 0.1) is 11.1 Å². The summed E-state index contributed by atoms with van der Waals surface area (Å²) in [6.07, 6.45) is 1.15. The summed E-state index contributed by atoms with van der Waals surface area (Å²) >= 11 is 0. The lowest BCUT2D eigenvalue weighted by atomic mass is 9.72. The lowest BCUT2D eigenvalue weighted by Gasteiger charge is -2.39. The SMILES string of the molecule is Cc1cccc(C2(C(=O)O)CCN(Cc3cccc(C#N)n3)CC2)c1. The number of hydrogen-bond acceptors (Lipinski definition) is 4. The first kappa shape index (κ1) is 17.1. The Bertz CT molecular complexity index is 818. The molecule has 128 valence electrons. The molecule has 0 spiro atoms. The number of aryl methyl sites for hydroxylation is 1. The average Bonchev–Trinajstić information content (AvgIpc) is 2.62. The first-order chi connectivity index (χ1) is 12.0. The second kappa shape index (κ2) is 7.04. The van der Waals surface area contributed by atoms with E-state index in [0.29, 0.717) is 38.2 Å². The third-order valence-electron chi connectivity index (χ3n) is 5.00. The number of nitrogens with zero attached hydrogens (tertiary/aromatic N) is 3. The highest BCUT2D eigenvalue weighted by molar-refractivity contribution is 5.81. The molecule has 0 aliphatic carbocycles. The van der Waals surface area contributed by atoms with Gasteiger partial charge in [0.15, 0.2) is 0 Å². The molecule has 1 N–H and O–H groups in total. The topological polar surface area (TPSA) is 77.2 Å². The number of carboxylic acids is 1. The fourth-order valence-corrected chi connectivity index (χ4v) is 3.52. The van der Waals surface area contributed by atoms with Crippen LogP contribution in [-0.4, -0.2) is 34.0 Å². The smallest absolute Gasteiger partial charge is 0.314 e. The van der Waals surface area contributed by atoms with Crippen molar-refractivity contribution in [3.8, 4) is 6.07 Å². The maximum atomic E-state index is 12.1. The average molecular weight is 335 g/mol. The zero-order valence-electron chi connectivity index (χ0n) is 14.3. The standard InChI is InChI=1S/C20H21N3O2/c1-15-4-2-5-16(12-15)20(19(24)25)8-10-23(11-9-20)14-18-7-3-6-17(13-21)22-18/h2-7,12H,8-11,14H2,1H3,(H,24,25). The van der Waals surface area contributed by atoms with Crippen LogP contribution in [0.4, 0.5) is 0 Å². The van der Waals surface area contributed by atoms with E-state index in [9.17, 15) is 9.90 Å². The first-order valence-corrected chi connectivity index (χ1v) is 8.42. The summed E-state index contributed by atoms with van der Waals surface area (Å²) in [5.74, 6) is -0.748. The number of aliphatic carboxylic acids is 1. The maximum Gasteiger partial charge on any atom is 0.314 e. The van der Waals surface area contributed by atoms with Gasteiger partial charge in [-0.3, -0.25) is 9.69 Å². The predicted molar refractivity (Wildman–Crippen MR) is 94.0 cm³/mol. The second-order valence-electron chi connectivity index (χ2n) is 6.66. The number of carbonyl (C=O) groups is 1. The molecule has 2 heterocycles. The van der Waals surface area contributed by atoms with Gasteiger partial charge in [0.25, 0.3) is 0 Å². The van der Waals surface area contributed by atoms with Crippen LogP contribution in [-0.2, 0) is 16.8 Å². The van der Waals surface area contributed by atoms with E-state index in [1.165, 1.54) is 0 Å². The Morgan fingerprint density at radius 1 is 1.28 bits per heavy atom. The highest BCUT2D eigenvalue weighted by Crippen LogP contribution is 2.36. The summed E-state index contributed by atoms with van der Waals surface area (Å²) < 4.78 is 0. The third kappa shape index (κ3) is 3.54. The van der Waals surface area contributed by atoms with Crippen LogP contribution in [0.3, 0.4) is 0 Å². The van der Waals surface area contributed by atoms with Crippen LogP contribution in [0, 0.1) is 18.3 Å². The van der Waals surface area contributed by atoms with Crippen molar-refractivity contribution in [1.29, 1.82) is 5.26 Å². The van der Waals surface area contributed by atoms with Crippen LogP contribution in [0.2, 0.25) is 0 Å². The number of carboxylic acid groups (broad SMARTS) is 1. The molecule has 0 bridgehead atoms. The molecule has 1 fully saturated rings. The highest BCUT2D eigenvalue weighted by Gasteiger charge is 2.43. The molecule has 3 rings (SSSR count). The van der Waals surface area contributed by atoms with E-state index in [0.717, 1.165) is 16.8 Å². The summed E-state index contributed by atoms with van der Waals surface area (Å²) in [6.45, 7) is 4.01. The molecule has 0 atom stereocenters. The molecular formula is C20H21N3O2. The summed E-state index contributed by atoms with van der Waals surface area (Å²) in [5.41, 5.74) is 2.42. The minimum atomic E-state index is -0.815. The largest absolute Gasteiger partial charge is 0.481 e. The molecule has 1 aliphatic heterocycles. The molecule has 1 aromatic heterocycles. The van der Waals surface area contributed by atoms with Crippen LogP contribution < -0.4 is 0 Å². The van der Waals surface area contributed by atoms with E-state index in [1.807, 2.05) is 43.3 Å². The molecule has 5 heteroatoms. The molecule has 25 heavy (non-hydrogen) atoms.